The summed E-state index contributed by atoms with van der Waals surface area (Å²) >= 11 is 12.5. The number of aromatic nitrogens is 2. The summed E-state index contributed by atoms with van der Waals surface area (Å²) in [6.45, 7) is 6.52. The van der Waals surface area contributed by atoms with Gasteiger partial charge in [-0.05, 0) is 46.3 Å². The van der Waals surface area contributed by atoms with Crippen LogP contribution in [-0.4, -0.2) is 9.55 Å². The third kappa shape index (κ3) is 2.63. The van der Waals surface area contributed by atoms with Gasteiger partial charge >= 0.3 is 0 Å². The van der Waals surface area contributed by atoms with Crippen LogP contribution in [0.1, 0.15) is 26.5 Å². The summed E-state index contributed by atoms with van der Waals surface area (Å²) in [4.78, 5) is 3.13. The Balaban J connectivity index is 2.75. The molecule has 0 aliphatic heterocycles. The fourth-order valence-electron chi connectivity index (χ4n) is 1.82. The van der Waals surface area contributed by atoms with Crippen LogP contribution in [0.25, 0.3) is 5.69 Å². The summed E-state index contributed by atoms with van der Waals surface area (Å²) in [6.07, 6.45) is 1.98. The molecule has 0 spiro atoms. The first-order chi connectivity index (χ1) is 8.30. The monoisotopic (exact) mass is 388 g/mol. The van der Waals surface area contributed by atoms with Gasteiger partial charge in [0.25, 0.3) is 0 Å². The zero-order chi connectivity index (χ0) is 13.5. The summed E-state index contributed by atoms with van der Waals surface area (Å²) in [6, 6.07) is 6.07. The van der Waals surface area contributed by atoms with Crippen LogP contribution < -0.4 is 0 Å². The zero-order valence-corrected chi connectivity index (χ0v) is 14.4. The van der Waals surface area contributed by atoms with E-state index in [0.717, 1.165) is 20.3 Å². The minimum atomic E-state index is 0.0231. The predicted molar refractivity (Wildman–Crippen MR) is 85.1 cm³/mol. The maximum Gasteiger partial charge on any atom is 0.182 e. The Labute approximate surface area is 129 Å². The van der Waals surface area contributed by atoms with Crippen molar-refractivity contribution in [1.82, 2.24) is 9.55 Å². The molecule has 0 saturated carbocycles. The fraction of sp³-hybridized carbons (Fsp3) is 0.308. The van der Waals surface area contributed by atoms with E-state index in [2.05, 4.69) is 68.2 Å². The van der Waals surface area contributed by atoms with Crippen molar-refractivity contribution < 1.29 is 0 Å². The highest BCUT2D eigenvalue weighted by molar-refractivity contribution is 9.11. The molecular formula is C13H14Br2N2S. The Morgan fingerprint density at radius 1 is 1.22 bits per heavy atom. The van der Waals surface area contributed by atoms with E-state index in [1.807, 2.05) is 18.3 Å². The largest absolute Gasteiger partial charge is 0.337 e. The van der Waals surface area contributed by atoms with E-state index in [1.165, 1.54) is 0 Å². The predicted octanol–water partition coefficient (Wildman–Crippen LogP) is 5.36. The first kappa shape index (κ1) is 14.0. The average molecular weight is 390 g/mol. The van der Waals surface area contributed by atoms with Crippen LogP contribution in [0.5, 0.6) is 0 Å². The van der Waals surface area contributed by atoms with E-state index in [1.54, 1.807) is 0 Å². The molecule has 0 saturated heterocycles. The number of H-pyrrole nitrogens is 1. The molecule has 0 aliphatic carbocycles. The number of nitrogens with zero attached hydrogens (tertiary/aromatic N) is 1. The highest BCUT2D eigenvalue weighted by Gasteiger charge is 2.21. The molecule has 96 valence electrons. The van der Waals surface area contributed by atoms with Gasteiger partial charge in [0.15, 0.2) is 4.77 Å². The van der Waals surface area contributed by atoms with E-state index < -0.39 is 0 Å². The molecule has 1 heterocycles. The van der Waals surface area contributed by atoms with Crippen molar-refractivity contribution in [2.24, 2.45) is 0 Å². The van der Waals surface area contributed by atoms with Crippen LogP contribution in [0.15, 0.2) is 33.3 Å². The number of rotatable bonds is 1. The fourth-order valence-corrected chi connectivity index (χ4v) is 2.85. The molecule has 0 radical (unpaired) electrons. The lowest BCUT2D eigenvalue weighted by Gasteiger charge is -2.21. The van der Waals surface area contributed by atoms with Crippen molar-refractivity contribution in [2.45, 2.75) is 26.2 Å². The Morgan fingerprint density at radius 3 is 2.50 bits per heavy atom. The van der Waals surface area contributed by atoms with Crippen molar-refractivity contribution in [2.75, 3.05) is 0 Å². The third-order valence-electron chi connectivity index (χ3n) is 2.69. The van der Waals surface area contributed by atoms with Gasteiger partial charge in [0, 0.05) is 26.3 Å². The molecule has 1 N–H and O–H groups in total. The summed E-state index contributed by atoms with van der Waals surface area (Å²) in [5.74, 6) is 0. The number of hydrogen-bond donors (Lipinski definition) is 1. The second kappa shape index (κ2) is 4.94. The van der Waals surface area contributed by atoms with E-state index in [9.17, 15) is 0 Å². The molecule has 2 aromatic rings. The number of halogens is 2. The van der Waals surface area contributed by atoms with Crippen LogP contribution in [0.2, 0.25) is 0 Å². The van der Waals surface area contributed by atoms with Crippen LogP contribution in [0.4, 0.5) is 0 Å². The Hall–Kier alpha value is -0.390. The molecule has 2 nitrogen and oxygen atoms in total. The maximum atomic E-state index is 5.40. The smallest absolute Gasteiger partial charge is 0.182 e. The van der Waals surface area contributed by atoms with E-state index in [4.69, 9.17) is 12.2 Å². The quantitative estimate of drug-likeness (QED) is 0.651. The van der Waals surface area contributed by atoms with Gasteiger partial charge < -0.3 is 4.98 Å². The number of aromatic amines is 1. The minimum absolute atomic E-state index is 0.0231. The molecule has 0 unspecified atom stereocenters. The average Bonchev–Trinajstić information content (AvgIpc) is 2.63. The van der Waals surface area contributed by atoms with E-state index in [0.29, 0.717) is 4.77 Å². The standard InChI is InChI=1S/C13H14Br2N2S/c1-13(2,3)11-7-16-12(18)17(11)10-6-8(14)4-5-9(10)15/h4-7H,1-3H3,(H,16,18). The molecule has 0 bridgehead atoms. The lowest BCUT2D eigenvalue weighted by atomic mass is 9.92. The Kier molecular flexibility index (Phi) is 3.85. The SMILES string of the molecule is CC(C)(C)c1c[nH]c(=S)n1-c1cc(Br)ccc1Br. The van der Waals surface area contributed by atoms with Gasteiger partial charge in [-0.25, -0.2) is 0 Å². The van der Waals surface area contributed by atoms with Gasteiger partial charge in [0.2, 0.25) is 0 Å². The molecular weight excluding hydrogens is 376 g/mol. The van der Waals surface area contributed by atoms with Crippen LogP contribution in [0.3, 0.4) is 0 Å². The first-order valence-electron chi connectivity index (χ1n) is 5.57. The number of nitrogens with one attached hydrogen (secondary N) is 1. The summed E-state index contributed by atoms with van der Waals surface area (Å²) in [7, 11) is 0. The van der Waals surface area contributed by atoms with Gasteiger partial charge in [-0.2, -0.15) is 0 Å². The Morgan fingerprint density at radius 2 is 1.89 bits per heavy atom. The topological polar surface area (TPSA) is 20.7 Å². The van der Waals surface area contributed by atoms with Crippen LogP contribution >= 0.6 is 44.1 Å². The van der Waals surface area contributed by atoms with Gasteiger partial charge in [0.1, 0.15) is 0 Å². The molecule has 0 atom stereocenters. The zero-order valence-electron chi connectivity index (χ0n) is 10.4. The summed E-state index contributed by atoms with van der Waals surface area (Å²) in [5.41, 5.74) is 2.22. The second-order valence-electron chi connectivity index (χ2n) is 5.16. The lowest BCUT2D eigenvalue weighted by Crippen LogP contribution is -2.17. The van der Waals surface area contributed by atoms with E-state index in [-0.39, 0.29) is 5.41 Å². The minimum Gasteiger partial charge on any atom is -0.337 e. The van der Waals surface area contributed by atoms with Crippen molar-refractivity contribution in [3.8, 4) is 5.69 Å². The molecule has 0 fully saturated rings. The van der Waals surface area contributed by atoms with Gasteiger partial charge in [-0.15, -0.1) is 0 Å². The molecule has 5 heteroatoms. The Bertz CT molecular complexity index is 635. The normalized spacial score (nSPS) is 11.8. The molecule has 0 amide bonds. The molecule has 18 heavy (non-hydrogen) atoms. The van der Waals surface area contributed by atoms with Gasteiger partial charge in [-0.1, -0.05) is 36.7 Å². The van der Waals surface area contributed by atoms with Crippen LogP contribution in [0, 0.1) is 4.77 Å². The summed E-state index contributed by atoms with van der Waals surface area (Å²) < 4.78 is 4.83. The second-order valence-corrected chi connectivity index (χ2v) is 7.32. The van der Waals surface area contributed by atoms with E-state index >= 15 is 0 Å². The number of imidazole rings is 1. The maximum absolute atomic E-state index is 5.40. The van der Waals surface area contributed by atoms with Crippen molar-refractivity contribution in [3.63, 3.8) is 0 Å². The van der Waals surface area contributed by atoms with Gasteiger partial charge in [0.05, 0.1) is 5.69 Å². The van der Waals surface area contributed by atoms with Gasteiger partial charge in [-0.3, -0.25) is 4.57 Å². The summed E-state index contributed by atoms with van der Waals surface area (Å²) in [5, 5.41) is 0. The highest BCUT2D eigenvalue weighted by atomic mass is 79.9. The van der Waals surface area contributed by atoms with Crippen LogP contribution in [-0.2, 0) is 5.41 Å². The van der Waals surface area contributed by atoms with Crippen molar-refractivity contribution >= 4 is 44.1 Å². The first-order valence-corrected chi connectivity index (χ1v) is 7.56. The lowest BCUT2D eigenvalue weighted by molar-refractivity contribution is 0.555. The molecule has 1 aromatic heterocycles. The highest BCUT2D eigenvalue weighted by Crippen LogP contribution is 2.30. The third-order valence-corrected chi connectivity index (χ3v) is 4.16. The number of benzene rings is 1. The molecule has 0 aliphatic rings. The van der Waals surface area contributed by atoms with Crippen molar-refractivity contribution in [3.05, 3.63) is 43.8 Å². The van der Waals surface area contributed by atoms with Crippen molar-refractivity contribution in [1.29, 1.82) is 0 Å². The number of hydrogen-bond acceptors (Lipinski definition) is 1. The molecule has 2 rings (SSSR count). The molecule has 1 aromatic carbocycles.